The number of ether oxygens (including phenoxy) is 1. The molecule has 0 atom stereocenters. The lowest BCUT2D eigenvalue weighted by molar-refractivity contribution is 0.0954. The van der Waals surface area contributed by atoms with Gasteiger partial charge >= 0.3 is 0 Å². The fourth-order valence-electron chi connectivity index (χ4n) is 2.48. The highest BCUT2D eigenvalue weighted by Gasteiger charge is 2.17. The maximum absolute atomic E-state index is 12.6. The number of hydrogen-bond donors (Lipinski definition) is 2. The van der Waals surface area contributed by atoms with Crippen molar-refractivity contribution in [2.75, 3.05) is 11.8 Å². The number of nitrogens with one attached hydrogen (secondary N) is 2. The van der Waals surface area contributed by atoms with Crippen LogP contribution in [0.25, 0.3) is 0 Å². The second-order valence-electron chi connectivity index (χ2n) is 6.41. The predicted molar refractivity (Wildman–Crippen MR) is 110 cm³/mol. The van der Waals surface area contributed by atoms with Crippen LogP contribution in [-0.4, -0.2) is 27.1 Å². The summed E-state index contributed by atoms with van der Waals surface area (Å²) >= 11 is 0. The molecule has 7 nitrogen and oxygen atoms in total. The number of hydrogen-bond acceptors (Lipinski definition) is 5. The van der Waals surface area contributed by atoms with Crippen molar-refractivity contribution in [3.05, 3.63) is 54.1 Å². The van der Waals surface area contributed by atoms with Crippen LogP contribution in [0.3, 0.4) is 0 Å². The molecule has 2 rings (SSSR count). The van der Waals surface area contributed by atoms with E-state index in [9.17, 15) is 13.2 Å². The van der Waals surface area contributed by atoms with Crippen molar-refractivity contribution >= 4 is 27.3 Å². The van der Waals surface area contributed by atoms with Crippen LogP contribution in [0, 0.1) is 5.92 Å². The number of sulfonamides is 1. The third kappa shape index (κ3) is 5.56. The van der Waals surface area contributed by atoms with Crippen molar-refractivity contribution in [1.82, 2.24) is 5.43 Å². The summed E-state index contributed by atoms with van der Waals surface area (Å²) in [4.78, 5) is 12.3. The van der Waals surface area contributed by atoms with Crippen LogP contribution in [0.4, 0.5) is 5.69 Å². The molecule has 0 aromatic heterocycles. The van der Waals surface area contributed by atoms with E-state index in [-0.39, 0.29) is 16.4 Å². The van der Waals surface area contributed by atoms with Gasteiger partial charge in [-0.2, -0.15) is 5.10 Å². The number of nitrogens with zero attached hydrogens (tertiary/aromatic N) is 1. The lowest BCUT2D eigenvalue weighted by atomic mass is 10.1. The molecule has 0 spiro atoms. The first-order valence-corrected chi connectivity index (χ1v) is 10.4. The standard InChI is InChI=1S/C20H25N3O4S/c1-5-19(14(2)3)21-22-20(24)15-7-6-8-18(13-15)28(25,26)23-16-9-11-17(27-4)12-10-16/h6-14,23H,5H2,1-4H3,(H,22,24)/b21-19-. The second-order valence-corrected chi connectivity index (χ2v) is 8.10. The molecule has 0 aliphatic rings. The molecular formula is C20H25N3O4S. The number of hydrazone groups is 1. The van der Waals surface area contributed by atoms with Crippen LogP contribution >= 0.6 is 0 Å². The number of carbonyl (C=O) groups excluding carboxylic acids is 1. The Morgan fingerprint density at radius 3 is 2.39 bits per heavy atom. The van der Waals surface area contributed by atoms with E-state index in [1.54, 1.807) is 24.3 Å². The first-order chi connectivity index (χ1) is 13.3. The summed E-state index contributed by atoms with van der Waals surface area (Å²) in [7, 11) is -2.31. The van der Waals surface area contributed by atoms with Gasteiger partial charge in [-0.25, -0.2) is 13.8 Å². The van der Waals surface area contributed by atoms with E-state index >= 15 is 0 Å². The highest BCUT2D eigenvalue weighted by molar-refractivity contribution is 7.92. The third-order valence-corrected chi connectivity index (χ3v) is 5.46. The number of carbonyl (C=O) groups is 1. The molecule has 150 valence electrons. The van der Waals surface area contributed by atoms with Crippen LogP contribution in [0.5, 0.6) is 5.75 Å². The molecule has 2 N–H and O–H groups in total. The average molecular weight is 404 g/mol. The Balaban J connectivity index is 2.19. The molecule has 0 fully saturated rings. The van der Waals surface area contributed by atoms with Crippen LogP contribution in [-0.2, 0) is 10.0 Å². The van der Waals surface area contributed by atoms with Gasteiger partial charge in [-0.15, -0.1) is 0 Å². The third-order valence-electron chi connectivity index (χ3n) is 4.08. The topological polar surface area (TPSA) is 96.9 Å². The van der Waals surface area contributed by atoms with E-state index in [2.05, 4.69) is 15.2 Å². The monoisotopic (exact) mass is 403 g/mol. The Morgan fingerprint density at radius 2 is 1.82 bits per heavy atom. The molecule has 0 saturated carbocycles. The van der Waals surface area contributed by atoms with Crippen molar-refractivity contribution < 1.29 is 17.9 Å². The van der Waals surface area contributed by atoms with E-state index < -0.39 is 15.9 Å². The van der Waals surface area contributed by atoms with E-state index in [0.29, 0.717) is 11.4 Å². The average Bonchev–Trinajstić information content (AvgIpc) is 2.68. The van der Waals surface area contributed by atoms with Gasteiger partial charge in [-0.1, -0.05) is 26.8 Å². The molecule has 0 saturated heterocycles. The zero-order valence-electron chi connectivity index (χ0n) is 16.4. The van der Waals surface area contributed by atoms with E-state index in [0.717, 1.165) is 12.1 Å². The fourth-order valence-corrected chi connectivity index (χ4v) is 3.59. The Kier molecular flexibility index (Phi) is 7.17. The number of methoxy groups -OCH3 is 1. The highest BCUT2D eigenvalue weighted by atomic mass is 32.2. The van der Waals surface area contributed by atoms with E-state index in [1.807, 2.05) is 20.8 Å². The van der Waals surface area contributed by atoms with Crippen molar-refractivity contribution in [1.29, 1.82) is 0 Å². The first-order valence-electron chi connectivity index (χ1n) is 8.90. The maximum Gasteiger partial charge on any atom is 0.271 e. The molecule has 0 radical (unpaired) electrons. The van der Waals surface area contributed by atoms with Crippen molar-refractivity contribution in [2.45, 2.75) is 32.1 Å². The minimum atomic E-state index is -3.84. The van der Waals surface area contributed by atoms with Gasteiger partial charge in [0.2, 0.25) is 0 Å². The van der Waals surface area contributed by atoms with Gasteiger partial charge in [0, 0.05) is 17.0 Å². The number of rotatable bonds is 8. The normalized spacial score (nSPS) is 12.0. The summed E-state index contributed by atoms with van der Waals surface area (Å²) in [6, 6.07) is 12.3. The predicted octanol–water partition coefficient (Wildman–Crippen LogP) is 3.65. The summed E-state index contributed by atoms with van der Waals surface area (Å²) in [5.41, 5.74) is 3.95. The number of amides is 1. The largest absolute Gasteiger partial charge is 0.497 e. The SMILES string of the molecule is CC/C(=N/NC(=O)c1cccc(S(=O)(=O)Nc2ccc(OC)cc2)c1)C(C)C. The zero-order valence-corrected chi connectivity index (χ0v) is 17.2. The van der Waals surface area contributed by atoms with Gasteiger partial charge in [0.15, 0.2) is 0 Å². The minimum absolute atomic E-state index is 0.0143. The minimum Gasteiger partial charge on any atom is -0.497 e. The van der Waals surface area contributed by atoms with Gasteiger partial charge < -0.3 is 4.74 Å². The molecule has 8 heteroatoms. The Morgan fingerprint density at radius 1 is 1.14 bits per heavy atom. The molecule has 0 unspecified atom stereocenters. The van der Waals surface area contributed by atoms with Gasteiger partial charge in [0.05, 0.1) is 12.0 Å². The Labute approximate surface area is 165 Å². The number of benzene rings is 2. The summed E-state index contributed by atoms with van der Waals surface area (Å²) in [6.07, 6.45) is 0.720. The smallest absolute Gasteiger partial charge is 0.271 e. The fraction of sp³-hybridized carbons (Fsp3) is 0.300. The van der Waals surface area contributed by atoms with E-state index in [1.165, 1.54) is 31.4 Å². The van der Waals surface area contributed by atoms with Gasteiger partial charge in [0.25, 0.3) is 15.9 Å². The molecule has 0 aliphatic heterocycles. The van der Waals surface area contributed by atoms with Gasteiger partial charge in [-0.05, 0) is 54.8 Å². The summed E-state index contributed by atoms with van der Waals surface area (Å²) in [5.74, 6) is 0.369. The number of anilines is 1. The molecule has 1 amide bonds. The summed E-state index contributed by atoms with van der Waals surface area (Å²) in [6.45, 7) is 5.95. The van der Waals surface area contributed by atoms with Gasteiger partial charge in [-0.3, -0.25) is 9.52 Å². The summed E-state index contributed by atoms with van der Waals surface area (Å²) < 4.78 is 32.8. The molecule has 2 aromatic carbocycles. The van der Waals surface area contributed by atoms with Crippen LogP contribution in [0.15, 0.2) is 58.5 Å². The molecular weight excluding hydrogens is 378 g/mol. The summed E-state index contributed by atoms with van der Waals surface area (Å²) in [5, 5.41) is 4.13. The van der Waals surface area contributed by atoms with Crippen LogP contribution < -0.4 is 14.9 Å². The lowest BCUT2D eigenvalue weighted by Crippen LogP contribution is -2.22. The van der Waals surface area contributed by atoms with Crippen LogP contribution in [0.1, 0.15) is 37.6 Å². The zero-order chi connectivity index (χ0) is 20.7. The quantitative estimate of drug-likeness (QED) is 0.519. The van der Waals surface area contributed by atoms with Crippen molar-refractivity contribution in [3.8, 4) is 5.75 Å². The van der Waals surface area contributed by atoms with E-state index in [4.69, 9.17) is 4.74 Å². The maximum atomic E-state index is 12.6. The van der Waals surface area contributed by atoms with Gasteiger partial charge in [0.1, 0.15) is 5.75 Å². The van der Waals surface area contributed by atoms with Crippen LogP contribution in [0.2, 0.25) is 0 Å². The van der Waals surface area contributed by atoms with Crippen molar-refractivity contribution in [3.63, 3.8) is 0 Å². The molecule has 0 heterocycles. The molecule has 2 aromatic rings. The molecule has 0 bridgehead atoms. The van der Waals surface area contributed by atoms with Crippen molar-refractivity contribution in [2.24, 2.45) is 11.0 Å². The first kappa shape index (κ1) is 21.4. The lowest BCUT2D eigenvalue weighted by Gasteiger charge is -2.10. The Hall–Kier alpha value is -2.87. The highest BCUT2D eigenvalue weighted by Crippen LogP contribution is 2.20. The molecule has 28 heavy (non-hydrogen) atoms. The molecule has 0 aliphatic carbocycles. The Bertz CT molecular complexity index is 952. The second kappa shape index (κ2) is 9.36.